The first-order chi connectivity index (χ1) is 4.45. The molecule has 0 aliphatic heterocycles. The van der Waals surface area contributed by atoms with E-state index < -0.39 is 10.2 Å². The molecule has 10 heavy (non-hydrogen) atoms. The average Bonchev–Trinajstić information content (AvgIpc) is 1.81. The predicted octanol–water partition coefficient (Wildman–Crippen LogP) is -1.59. The van der Waals surface area contributed by atoms with Gasteiger partial charge in [0.1, 0.15) is 0 Å². The Morgan fingerprint density at radius 1 is 1.70 bits per heavy atom. The summed E-state index contributed by atoms with van der Waals surface area (Å²) in [4.78, 5) is 0. The largest absolute Gasteiger partial charge is 0.396 e. The lowest BCUT2D eigenvalue weighted by molar-refractivity contribution is 0.238. The van der Waals surface area contributed by atoms with Crippen LogP contribution in [0.25, 0.3) is 0 Å². The van der Waals surface area contributed by atoms with Gasteiger partial charge in [0.2, 0.25) is 0 Å². The summed E-state index contributed by atoms with van der Waals surface area (Å²) in [5.41, 5.74) is 0. The van der Waals surface area contributed by atoms with Crippen molar-refractivity contribution < 1.29 is 13.5 Å². The van der Waals surface area contributed by atoms with Crippen LogP contribution in [-0.4, -0.2) is 26.7 Å². The van der Waals surface area contributed by atoms with Gasteiger partial charge in [0.25, 0.3) is 10.2 Å². The normalized spacial score (nSPS) is 15.1. The van der Waals surface area contributed by atoms with Crippen molar-refractivity contribution in [1.82, 2.24) is 4.72 Å². The number of aliphatic hydroxyl groups excluding tert-OH is 1. The number of hydrogen-bond donors (Lipinski definition) is 3. The minimum atomic E-state index is -3.59. The Morgan fingerprint density at radius 3 is 2.50 bits per heavy atom. The van der Waals surface area contributed by atoms with E-state index >= 15 is 0 Å². The van der Waals surface area contributed by atoms with Crippen LogP contribution < -0.4 is 9.86 Å². The third-order valence-electron chi connectivity index (χ3n) is 0.945. The van der Waals surface area contributed by atoms with Gasteiger partial charge < -0.3 is 5.11 Å². The SMILES string of the molecule is CC(CO)CNS(N)(=O)=O. The van der Waals surface area contributed by atoms with Crippen molar-refractivity contribution in [2.45, 2.75) is 6.92 Å². The van der Waals surface area contributed by atoms with Crippen LogP contribution in [0.2, 0.25) is 0 Å². The Labute approximate surface area is 60.4 Å². The molecule has 0 aromatic rings. The van der Waals surface area contributed by atoms with Crippen molar-refractivity contribution in [3.8, 4) is 0 Å². The molecule has 0 fully saturated rings. The second-order valence-electron chi connectivity index (χ2n) is 2.18. The van der Waals surface area contributed by atoms with Crippen LogP contribution in [0.5, 0.6) is 0 Å². The minimum absolute atomic E-state index is 0.0531. The highest BCUT2D eigenvalue weighted by molar-refractivity contribution is 7.87. The molecule has 0 aliphatic carbocycles. The second kappa shape index (κ2) is 3.87. The molecule has 1 unspecified atom stereocenters. The lowest BCUT2D eigenvalue weighted by Gasteiger charge is -2.06. The van der Waals surface area contributed by atoms with E-state index in [1.807, 2.05) is 0 Å². The van der Waals surface area contributed by atoms with Crippen molar-refractivity contribution in [3.63, 3.8) is 0 Å². The topological polar surface area (TPSA) is 92.4 Å². The maximum Gasteiger partial charge on any atom is 0.274 e. The lowest BCUT2D eigenvalue weighted by atomic mass is 10.2. The molecule has 0 bridgehead atoms. The average molecular weight is 168 g/mol. The number of nitrogens with one attached hydrogen (secondary N) is 1. The van der Waals surface area contributed by atoms with Crippen LogP contribution in [-0.2, 0) is 10.2 Å². The smallest absolute Gasteiger partial charge is 0.274 e. The monoisotopic (exact) mass is 168 g/mol. The van der Waals surface area contributed by atoms with Crippen molar-refractivity contribution >= 4 is 10.2 Å². The van der Waals surface area contributed by atoms with Gasteiger partial charge >= 0.3 is 0 Å². The fourth-order valence-corrected chi connectivity index (χ4v) is 0.840. The molecule has 1 atom stereocenters. The van der Waals surface area contributed by atoms with Crippen LogP contribution in [0.15, 0.2) is 0 Å². The van der Waals surface area contributed by atoms with Crippen LogP contribution in [0.3, 0.4) is 0 Å². The molecule has 4 N–H and O–H groups in total. The van der Waals surface area contributed by atoms with E-state index in [0.717, 1.165) is 0 Å². The van der Waals surface area contributed by atoms with Crippen LogP contribution in [0.4, 0.5) is 0 Å². The van der Waals surface area contributed by atoms with Gasteiger partial charge in [0, 0.05) is 13.2 Å². The molecule has 0 saturated heterocycles. The Kier molecular flexibility index (Phi) is 3.80. The highest BCUT2D eigenvalue weighted by atomic mass is 32.2. The summed E-state index contributed by atoms with van der Waals surface area (Å²) >= 11 is 0. The zero-order valence-corrected chi connectivity index (χ0v) is 6.56. The van der Waals surface area contributed by atoms with Gasteiger partial charge in [-0.25, -0.2) is 9.86 Å². The number of rotatable bonds is 4. The molecular weight excluding hydrogens is 156 g/mol. The molecule has 6 heteroatoms. The maximum absolute atomic E-state index is 10.2. The van der Waals surface area contributed by atoms with Crippen LogP contribution in [0, 0.1) is 5.92 Å². The lowest BCUT2D eigenvalue weighted by Crippen LogP contribution is -2.34. The molecule has 0 aliphatic rings. The molecule has 0 spiro atoms. The van der Waals surface area contributed by atoms with Gasteiger partial charge in [-0.3, -0.25) is 0 Å². The van der Waals surface area contributed by atoms with Gasteiger partial charge in [0.05, 0.1) is 0 Å². The number of hydrogen-bond acceptors (Lipinski definition) is 3. The molecule has 0 amide bonds. The van der Waals surface area contributed by atoms with Gasteiger partial charge in [-0.15, -0.1) is 0 Å². The van der Waals surface area contributed by atoms with Gasteiger partial charge in [-0.05, 0) is 5.92 Å². The molecule has 5 nitrogen and oxygen atoms in total. The maximum atomic E-state index is 10.2. The Bertz CT molecular complexity index is 177. The molecule has 0 saturated carbocycles. The fraction of sp³-hybridized carbons (Fsp3) is 1.00. The summed E-state index contributed by atoms with van der Waals surface area (Å²) in [6, 6.07) is 0. The molecule has 0 aromatic heterocycles. The molecular formula is C4H12N2O3S. The highest BCUT2D eigenvalue weighted by Crippen LogP contribution is 1.88. The van der Waals surface area contributed by atoms with E-state index in [9.17, 15) is 8.42 Å². The first-order valence-corrected chi connectivity index (χ1v) is 4.38. The van der Waals surface area contributed by atoms with Crippen LogP contribution in [0.1, 0.15) is 6.92 Å². The fourth-order valence-electron chi connectivity index (χ4n) is 0.323. The third kappa shape index (κ3) is 5.96. The zero-order valence-electron chi connectivity index (χ0n) is 5.74. The summed E-state index contributed by atoms with van der Waals surface area (Å²) in [6.07, 6.45) is 0. The third-order valence-corrected chi connectivity index (χ3v) is 1.51. The van der Waals surface area contributed by atoms with Crippen molar-refractivity contribution in [1.29, 1.82) is 0 Å². The van der Waals surface area contributed by atoms with E-state index in [0.29, 0.717) is 0 Å². The quantitative estimate of drug-likeness (QED) is 0.472. The second-order valence-corrected chi connectivity index (χ2v) is 3.56. The molecule has 0 rings (SSSR count). The van der Waals surface area contributed by atoms with Gasteiger partial charge in [-0.1, -0.05) is 6.92 Å². The first kappa shape index (κ1) is 9.83. The summed E-state index contributed by atoms with van der Waals surface area (Å²) in [5, 5.41) is 13.1. The number of aliphatic hydroxyl groups is 1. The van der Waals surface area contributed by atoms with E-state index in [-0.39, 0.29) is 19.1 Å². The summed E-state index contributed by atoms with van der Waals surface area (Å²) in [6.45, 7) is 1.83. The van der Waals surface area contributed by atoms with Gasteiger partial charge in [-0.2, -0.15) is 8.42 Å². The molecule has 0 heterocycles. The standard InChI is InChI=1S/C4H12N2O3S/c1-4(3-7)2-6-10(5,8)9/h4,6-7H,2-3H2,1H3,(H2,5,8,9). The Morgan fingerprint density at radius 2 is 2.20 bits per heavy atom. The first-order valence-electron chi connectivity index (χ1n) is 2.84. The molecule has 0 aromatic carbocycles. The summed E-state index contributed by atoms with van der Waals surface area (Å²) < 4.78 is 22.5. The zero-order chi connectivity index (χ0) is 8.20. The highest BCUT2D eigenvalue weighted by Gasteiger charge is 2.04. The van der Waals surface area contributed by atoms with E-state index in [4.69, 9.17) is 5.11 Å². The van der Waals surface area contributed by atoms with E-state index in [1.54, 1.807) is 6.92 Å². The molecule has 62 valence electrons. The van der Waals surface area contributed by atoms with Crippen molar-refractivity contribution in [2.75, 3.05) is 13.2 Å². The van der Waals surface area contributed by atoms with E-state index in [1.165, 1.54) is 0 Å². The van der Waals surface area contributed by atoms with Gasteiger partial charge in [0.15, 0.2) is 0 Å². The van der Waals surface area contributed by atoms with Crippen molar-refractivity contribution in [2.24, 2.45) is 11.1 Å². The van der Waals surface area contributed by atoms with Crippen LogP contribution >= 0.6 is 0 Å². The Balaban J connectivity index is 3.56. The predicted molar refractivity (Wildman–Crippen MR) is 37.4 cm³/mol. The van der Waals surface area contributed by atoms with E-state index in [2.05, 4.69) is 9.86 Å². The van der Waals surface area contributed by atoms with Crippen molar-refractivity contribution in [3.05, 3.63) is 0 Å². The minimum Gasteiger partial charge on any atom is -0.396 e. The number of nitrogens with two attached hydrogens (primary N) is 1. The summed E-state index contributed by atoms with van der Waals surface area (Å²) in [7, 11) is -3.59. The Hall–Kier alpha value is -0.170. The molecule has 0 radical (unpaired) electrons. The summed E-state index contributed by atoms with van der Waals surface area (Å²) in [5.74, 6) is -0.0988.